The monoisotopic (exact) mass is 486 g/mol. The van der Waals surface area contributed by atoms with Crippen molar-refractivity contribution in [1.29, 1.82) is 0 Å². The number of hydrogen-bond acceptors (Lipinski definition) is 1. The Morgan fingerprint density at radius 2 is 1.35 bits per heavy atom. The van der Waals surface area contributed by atoms with E-state index in [4.69, 9.17) is 4.43 Å². The minimum Gasteiger partial charge on any atom is -1.00 e. The molecule has 0 unspecified atom stereocenters. The molecule has 17 heavy (non-hydrogen) atoms. The van der Waals surface area contributed by atoms with Crippen molar-refractivity contribution in [3.63, 3.8) is 0 Å². The van der Waals surface area contributed by atoms with E-state index in [0.29, 0.717) is 0 Å². The van der Waals surface area contributed by atoms with Crippen LogP contribution in [0.4, 0.5) is 0 Å². The van der Waals surface area contributed by atoms with Crippen molar-refractivity contribution < 1.29 is 52.4 Å². The smallest absolute Gasteiger partial charge is 1.00 e. The van der Waals surface area contributed by atoms with Gasteiger partial charge in [-0.2, -0.15) is 0 Å². The van der Waals surface area contributed by atoms with Gasteiger partial charge in [-0.1, -0.05) is 39.0 Å². The van der Waals surface area contributed by atoms with Crippen LogP contribution in [0.2, 0.25) is 18.1 Å². The maximum Gasteiger partial charge on any atom is 2.00 e. The molecule has 0 heterocycles. The molecule has 0 saturated carbocycles. The minimum absolute atomic E-state index is 0. The summed E-state index contributed by atoms with van der Waals surface area (Å²) < 4.78 is 6.11. The molecule has 0 spiro atoms. The Balaban J connectivity index is -0.000000653. The minimum atomic E-state index is -1.65. The largest absolute Gasteiger partial charge is 2.00 e. The Hall–Kier alpha value is 1.46. The Kier molecular flexibility index (Phi) is 13.0. The summed E-state index contributed by atoms with van der Waals surface area (Å²) in [6, 6.07) is 10.1. The van der Waals surface area contributed by atoms with Gasteiger partial charge in [0.1, 0.15) is 5.75 Å². The summed E-state index contributed by atoms with van der Waals surface area (Å²) in [7, 11) is -1.65. The van der Waals surface area contributed by atoms with E-state index >= 15 is 0 Å². The van der Waals surface area contributed by atoms with Crippen molar-refractivity contribution in [1.82, 2.24) is 0 Å². The van der Waals surface area contributed by atoms with Gasteiger partial charge in [-0.3, -0.25) is 0 Å². The Morgan fingerprint density at radius 3 is 1.71 bits per heavy atom. The van der Waals surface area contributed by atoms with Gasteiger partial charge in [0, 0.05) is 0 Å². The molecule has 0 amide bonds. The van der Waals surface area contributed by atoms with Crippen LogP contribution in [0.5, 0.6) is 5.75 Å². The molecule has 0 bridgehead atoms. The zero-order chi connectivity index (χ0) is 10.8. The normalized spacial score (nSPS) is 10.4. The van der Waals surface area contributed by atoms with E-state index in [1.54, 1.807) is 0 Å². The molecule has 1 nitrogen and oxygen atoms in total. The zero-order valence-electron chi connectivity index (χ0n) is 11.3. The molecule has 0 aliphatic rings. The van der Waals surface area contributed by atoms with Crippen LogP contribution in [-0.2, 0) is 0 Å². The fourth-order valence-electron chi connectivity index (χ4n) is 0.936. The summed E-state index contributed by atoms with van der Waals surface area (Å²) in [5.41, 5.74) is 0. The van der Waals surface area contributed by atoms with Crippen LogP contribution in [0.3, 0.4) is 0 Å². The number of halogens is 2. The van der Waals surface area contributed by atoms with Gasteiger partial charge in [0.25, 0.3) is 0 Å². The summed E-state index contributed by atoms with van der Waals surface area (Å²) in [5, 5.41) is 0.267. The van der Waals surface area contributed by atoms with Crippen LogP contribution in [-0.4, -0.2) is 31.4 Å². The predicted octanol–water partition coefficient (Wildman–Crippen LogP) is -2.30. The summed E-state index contributed by atoms with van der Waals surface area (Å²) in [6.45, 7) is 11.3. The molecule has 1 aromatic carbocycles. The summed E-state index contributed by atoms with van der Waals surface area (Å²) >= 11 is 0. The quantitative estimate of drug-likeness (QED) is 0.338. The predicted molar refractivity (Wildman–Crippen MR) is 70.0 cm³/mol. The fraction of sp³-hybridized carbons (Fsp3) is 0.500. The van der Waals surface area contributed by atoms with E-state index in [1.165, 1.54) is 0 Å². The molecular weight excluding hydrogens is 466 g/mol. The van der Waals surface area contributed by atoms with Crippen molar-refractivity contribution in [2.75, 3.05) is 0 Å². The molecule has 0 aromatic heterocycles. The maximum atomic E-state index is 6.11. The average Bonchev–Trinajstić information content (AvgIpc) is 2.03. The number of benzene rings is 1. The van der Waals surface area contributed by atoms with E-state index in [0.717, 1.165) is 5.75 Å². The average molecular weight is 486 g/mol. The Bertz CT molecular complexity index is 299. The molecule has 1 rings (SSSR count). The van der Waals surface area contributed by atoms with Crippen LogP contribution in [0.15, 0.2) is 30.3 Å². The van der Waals surface area contributed by atoms with Crippen molar-refractivity contribution in [2.24, 2.45) is 0 Å². The van der Waals surface area contributed by atoms with Crippen molar-refractivity contribution in [3.05, 3.63) is 30.3 Å². The molecule has 94 valence electrons. The third-order valence-corrected chi connectivity index (χ3v) is 7.28. The van der Waals surface area contributed by atoms with Gasteiger partial charge in [0.15, 0.2) is 0 Å². The topological polar surface area (TPSA) is 9.23 Å². The van der Waals surface area contributed by atoms with Crippen LogP contribution in [0.1, 0.15) is 20.8 Å². The molecular formula is C12H20I2MgOSi. The Labute approximate surface area is 157 Å². The second kappa shape index (κ2) is 9.38. The van der Waals surface area contributed by atoms with Gasteiger partial charge in [-0.25, -0.2) is 0 Å². The molecule has 0 N–H and O–H groups in total. The molecule has 0 radical (unpaired) electrons. The first kappa shape index (κ1) is 23.5. The second-order valence-corrected chi connectivity index (χ2v) is 9.90. The second-order valence-electron chi connectivity index (χ2n) is 5.18. The maximum absolute atomic E-state index is 6.11. The molecule has 0 aliphatic carbocycles. The van der Waals surface area contributed by atoms with Gasteiger partial charge in [-0.15, -0.1) is 0 Å². The van der Waals surface area contributed by atoms with Crippen LogP contribution in [0.25, 0.3) is 0 Å². The van der Waals surface area contributed by atoms with Gasteiger partial charge in [-0.05, 0) is 30.3 Å². The standard InChI is InChI=1S/C12H20OSi.2HI.Mg/c1-12(2,3)14(4,5)13-11-9-7-6-8-10-11;;;/h6-10H,1-5H3;2*1H;/q;;;+2/p-2. The number of hydrogen-bond donors (Lipinski definition) is 0. The Morgan fingerprint density at radius 1 is 0.941 bits per heavy atom. The number of rotatable bonds is 2. The van der Waals surface area contributed by atoms with E-state index in [1.807, 2.05) is 30.3 Å². The van der Waals surface area contributed by atoms with Gasteiger partial charge >= 0.3 is 23.1 Å². The SMILES string of the molecule is CC(C)(C)[Si](C)(C)Oc1ccccc1.[I-].[I-].[Mg+2]. The molecule has 1 aromatic rings. The first-order chi connectivity index (χ1) is 6.33. The molecule has 0 aliphatic heterocycles. The van der Waals surface area contributed by atoms with Crippen molar-refractivity contribution >= 4 is 31.4 Å². The van der Waals surface area contributed by atoms with E-state index < -0.39 is 8.32 Å². The molecule has 0 saturated heterocycles. The van der Waals surface area contributed by atoms with Crippen LogP contribution >= 0.6 is 0 Å². The molecule has 5 heteroatoms. The molecule has 0 fully saturated rings. The zero-order valence-corrected chi connectivity index (χ0v) is 18.0. The third-order valence-electron chi connectivity index (χ3n) is 2.92. The van der Waals surface area contributed by atoms with Gasteiger partial charge in [0.2, 0.25) is 8.32 Å². The van der Waals surface area contributed by atoms with E-state index in [-0.39, 0.29) is 76.0 Å². The fourth-order valence-corrected chi connectivity index (χ4v) is 1.97. The summed E-state index contributed by atoms with van der Waals surface area (Å²) in [5.74, 6) is 0.999. The van der Waals surface area contributed by atoms with Gasteiger partial charge in [0.05, 0.1) is 0 Å². The first-order valence-corrected chi connectivity index (χ1v) is 7.98. The number of para-hydroxylation sites is 1. The van der Waals surface area contributed by atoms with E-state index in [2.05, 4.69) is 33.9 Å². The van der Waals surface area contributed by atoms with Crippen LogP contribution in [0, 0.1) is 0 Å². The van der Waals surface area contributed by atoms with Crippen molar-refractivity contribution in [2.45, 2.75) is 38.9 Å². The molecule has 0 atom stereocenters. The van der Waals surface area contributed by atoms with E-state index in [9.17, 15) is 0 Å². The first-order valence-electron chi connectivity index (χ1n) is 5.07. The van der Waals surface area contributed by atoms with Crippen LogP contribution < -0.4 is 52.4 Å². The summed E-state index contributed by atoms with van der Waals surface area (Å²) in [6.07, 6.45) is 0. The van der Waals surface area contributed by atoms with Crippen molar-refractivity contribution in [3.8, 4) is 5.75 Å². The summed E-state index contributed by atoms with van der Waals surface area (Å²) in [4.78, 5) is 0. The van der Waals surface area contributed by atoms with Gasteiger partial charge < -0.3 is 52.4 Å². The third kappa shape index (κ3) is 7.58.